The Kier molecular flexibility index (Phi) is 5.89. The van der Waals surface area contributed by atoms with Crippen molar-refractivity contribution in [3.63, 3.8) is 0 Å². The van der Waals surface area contributed by atoms with E-state index < -0.39 is 0 Å². The summed E-state index contributed by atoms with van der Waals surface area (Å²) in [6, 6.07) is 15.7. The molecule has 37 heavy (non-hydrogen) atoms. The highest BCUT2D eigenvalue weighted by Crippen LogP contribution is 2.29. The average Bonchev–Trinajstić information content (AvgIpc) is 3.49. The van der Waals surface area contributed by atoms with Crippen LogP contribution in [0.4, 0.5) is 11.6 Å². The first-order valence-corrected chi connectivity index (χ1v) is 12.4. The van der Waals surface area contributed by atoms with Gasteiger partial charge in [0.05, 0.1) is 5.52 Å². The van der Waals surface area contributed by atoms with E-state index in [0.29, 0.717) is 29.2 Å². The van der Waals surface area contributed by atoms with E-state index in [2.05, 4.69) is 68.6 Å². The fourth-order valence-electron chi connectivity index (χ4n) is 5.54. The van der Waals surface area contributed by atoms with Gasteiger partial charge in [-0.3, -0.25) is 0 Å². The van der Waals surface area contributed by atoms with Crippen molar-refractivity contribution in [2.75, 3.05) is 23.7 Å². The van der Waals surface area contributed by atoms with E-state index >= 15 is 0 Å². The summed E-state index contributed by atoms with van der Waals surface area (Å²) in [5.74, 6) is 1.99. The van der Waals surface area contributed by atoms with Gasteiger partial charge in [-0.05, 0) is 73.2 Å². The second-order valence-electron chi connectivity index (χ2n) is 9.93. The lowest BCUT2D eigenvalue weighted by molar-refractivity contribution is 0.464. The van der Waals surface area contributed by atoms with E-state index in [1.54, 1.807) is 10.8 Å². The van der Waals surface area contributed by atoms with Gasteiger partial charge in [0.1, 0.15) is 17.7 Å². The predicted molar refractivity (Wildman–Crippen MR) is 147 cm³/mol. The Morgan fingerprint density at radius 2 is 1.84 bits per heavy atom. The lowest BCUT2D eigenvalue weighted by Gasteiger charge is -2.33. The highest BCUT2D eigenvalue weighted by Gasteiger charge is 2.32. The van der Waals surface area contributed by atoms with Crippen LogP contribution < -0.4 is 16.0 Å². The van der Waals surface area contributed by atoms with Crippen LogP contribution in [0.2, 0.25) is 0 Å². The maximum atomic E-state index is 6.41. The van der Waals surface area contributed by atoms with Crippen molar-refractivity contribution >= 4 is 40.7 Å². The lowest BCUT2D eigenvalue weighted by atomic mass is 9.99. The van der Waals surface area contributed by atoms with Crippen LogP contribution >= 0.6 is 12.4 Å². The number of benzene rings is 1. The maximum absolute atomic E-state index is 6.41. The number of halogens is 1. The quantitative estimate of drug-likeness (QED) is 0.375. The third kappa shape index (κ3) is 4.34. The Morgan fingerprint density at radius 3 is 2.65 bits per heavy atom. The van der Waals surface area contributed by atoms with E-state index in [1.165, 1.54) is 29.5 Å². The van der Waals surface area contributed by atoms with Crippen molar-refractivity contribution in [3.05, 3.63) is 71.7 Å². The Hall–Kier alpha value is -3.82. The molecule has 9 nitrogen and oxygen atoms in total. The topological polar surface area (TPSA) is 110 Å². The summed E-state index contributed by atoms with van der Waals surface area (Å²) < 4.78 is 1.77. The summed E-state index contributed by atoms with van der Waals surface area (Å²) in [4.78, 5) is 21.0. The minimum Gasteiger partial charge on any atom is -0.382 e. The minimum atomic E-state index is 0. The van der Waals surface area contributed by atoms with Gasteiger partial charge in [0, 0.05) is 36.9 Å². The third-order valence-electron chi connectivity index (χ3n) is 7.44. The molecule has 2 atom stereocenters. The number of hydrogen-bond acceptors (Lipinski definition) is 8. The highest BCUT2D eigenvalue weighted by molar-refractivity contribution is 5.87. The SMILES string of the molecule is Cc1cc(-c2nc(N)c3nc(N4CC5CCC(C4)N5)ccc3n2)ccc1Cc1ccn2ncnc2c1.Cl. The van der Waals surface area contributed by atoms with E-state index in [-0.39, 0.29) is 12.4 Å². The van der Waals surface area contributed by atoms with Crippen molar-refractivity contribution < 1.29 is 0 Å². The molecule has 188 valence electrons. The molecule has 6 heterocycles. The molecule has 2 saturated heterocycles. The zero-order valence-electron chi connectivity index (χ0n) is 20.5. The van der Waals surface area contributed by atoms with Gasteiger partial charge < -0.3 is 16.0 Å². The zero-order valence-corrected chi connectivity index (χ0v) is 21.3. The Balaban J connectivity index is 0.00000252. The molecule has 0 saturated carbocycles. The molecule has 2 aliphatic rings. The fourth-order valence-corrected chi connectivity index (χ4v) is 5.54. The number of anilines is 2. The van der Waals surface area contributed by atoms with E-state index in [1.807, 2.05) is 12.3 Å². The van der Waals surface area contributed by atoms with Crippen LogP contribution in [0.3, 0.4) is 0 Å². The molecule has 4 aromatic heterocycles. The van der Waals surface area contributed by atoms with Gasteiger partial charge in [0.15, 0.2) is 17.3 Å². The summed E-state index contributed by atoms with van der Waals surface area (Å²) in [5.41, 5.74) is 13.2. The number of aromatic nitrogens is 6. The number of aryl methyl sites for hydroxylation is 1. The Morgan fingerprint density at radius 1 is 1.00 bits per heavy atom. The predicted octanol–water partition coefficient (Wildman–Crippen LogP) is 3.58. The summed E-state index contributed by atoms with van der Waals surface area (Å²) in [6.07, 6.45) is 6.80. The van der Waals surface area contributed by atoms with Crippen LogP contribution in [0.5, 0.6) is 0 Å². The van der Waals surface area contributed by atoms with E-state index in [9.17, 15) is 0 Å². The second kappa shape index (κ2) is 9.24. The molecular formula is C27H28ClN9. The van der Waals surface area contributed by atoms with Gasteiger partial charge >= 0.3 is 0 Å². The summed E-state index contributed by atoms with van der Waals surface area (Å²) >= 11 is 0. The van der Waals surface area contributed by atoms with Crippen LogP contribution in [0.1, 0.15) is 29.5 Å². The summed E-state index contributed by atoms with van der Waals surface area (Å²) in [5, 5.41) is 7.83. The molecule has 2 fully saturated rings. The molecule has 5 aromatic rings. The molecular weight excluding hydrogens is 486 g/mol. The standard InChI is InChI=1S/C27H27N9.ClH/c1-16-10-19(3-2-18(16)11-17-8-9-36-24(12-17)29-15-30-36)27-32-22-6-7-23(33-25(22)26(28)34-27)35-13-20-4-5-21(14-35)31-20;/h2-3,6-10,12,15,20-21,31H,4-5,11,13-14H2,1H3,(H2,28,32,34);1H. The number of nitrogens with zero attached hydrogens (tertiary/aromatic N) is 7. The van der Waals surface area contributed by atoms with Gasteiger partial charge in [-0.15, -0.1) is 12.4 Å². The Bertz CT molecular complexity index is 1600. The van der Waals surface area contributed by atoms with Crippen molar-refractivity contribution in [1.29, 1.82) is 0 Å². The largest absolute Gasteiger partial charge is 0.382 e. The molecule has 1 aromatic carbocycles. The number of nitrogens with two attached hydrogens (primary N) is 1. The number of fused-ring (bicyclic) bond motifs is 4. The van der Waals surface area contributed by atoms with Crippen LogP contribution in [-0.4, -0.2) is 54.7 Å². The molecule has 2 bridgehead atoms. The molecule has 0 aliphatic carbocycles. The lowest BCUT2D eigenvalue weighted by Crippen LogP contribution is -2.51. The summed E-state index contributed by atoms with van der Waals surface area (Å²) in [7, 11) is 0. The highest BCUT2D eigenvalue weighted by atomic mass is 35.5. The second-order valence-corrected chi connectivity index (χ2v) is 9.93. The normalized spacial score (nSPS) is 18.9. The van der Waals surface area contributed by atoms with Crippen molar-refractivity contribution in [1.82, 2.24) is 34.9 Å². The number of hydrogen-bond donors (Lipinski definition) is 2. The number of pyridine rings is 2. The van der Waals surface area contributed by atoms with Crippen molar-refractivity contribution in [2.45, 2.75) is 38.3 Å². The van der Waals surface area contributed by atoms with Gasteiger partial charge in [-0.2, -0.15) is 5.10 Å². The van der Waals surface area contributed by atoms with Crippen LogP contribution in [0, 0.1) is 6.92 Å². The first-order valence-electron chi connectivity index (χ1n) is 12.4. The monoisotopic (exact) mass is 513 g/mol. The molecule has 0 radical (unpaired) electrons. The van der Waals surface area contributed by atoms with E-state index in [4.69, 9.17) is 15.7 Å². The number of nitrogens with one attached hydrogen (secondary N) is 1. The fraction of sp³-hybridized carbons (Fsp3) is 0.296. The minimum absolute atomic E-state index is 0. The van der Waals surface area contributed by atoms with Gasteiger partial charge in [0.2, 0.25) is 0 Å². The zero-order chi connectivity index (χ0) is 24.2. The Labute approximate surface area is 220 Å². The van der Waals surface area contributed by atoms with Crippen LogP contribution in [-0.2, 0) is 6.42 Å². The van der Waals surface area contributed by atoms with Gasteiger partial charge in [-0.25, -0.2) is 24.5 Å². The van der Waals surface area contributed by atoms with E-state index in [0.717, 1.165) is 42.1 Å². The smallest absolute Gasteiger partial charge is 0.162 e. The number of rotatable bonds is 4. The maximum Gasteiger partial charge on any atom is 0.162 e. The number of nitrogen functional groups attached to an aromatic ring is 1. The molecule has 10 heteroatoms. The molecule has 3 N–H and O–H groups in total. The molecule has 7 rings (SSSR count). The first kappa shape index (κ1) is 23.6. The van der Waals surface area contributed by atoms with Crippen molar-refractivity contribution in [2.24, 2.45) is 0 Å². The number of piperazine rings is 1. The van der Waals surface area contributed by atoms with Gasteiger partial charge in [-0.1, -0.05) is 12.1 Å². The van der Waals surface area contributed by atoms with Gasteiger partial charge in [0.25, 0.3) is 0 Å². The third-order valence-corrected chi connectivity index (χ3v) is 7.44. The van der Waals surface area contributed by atoms with Crippen LogP contribution in [0.25, 0.3) is 28.1 Å². The molecule has 0 spiro atoms. The molecule has 2 aliphatic heterocycles. The summed E-state index contributed by atoms with van der Waals surface area (Å²) in [6.45, 7) is 4.08. The average molecular weight is 514 g/mol. The molecule has 0 amide bonds. The van der Waals surface area contributed by atoms with Crippen LogP contribution in [0.15, 0.2) is 55.0 Å². The molecule has 2 unspecified atom stereocenters. The first-order chi connectivity index (χ1) is 17.6. The van der Waals surface area contributed by atoms with Crippen molar-refractivity contribution in [3.8, 4) is 11.4 Å².